The molecule has 1 unspecified atom stereocenters. The number of sulfonamides is 1. The Labute approximate surface area is 199 Å². The second kappa shape index (κ2) is 8.79. The third-order valence-electron chi connectivity index (χ3n) is 6.47. The van der Waals surface area contributed by atoms with E-state index in [1.54, 1.807) is 24.5 Å². The summed E-state index contributed by atoms with van der Waals surface area (Å²) in [5.41, 5.74) is 3.11. The van der Waals surface area contributed by atoms with Crippen molar-refractivity contribution in [3.05, 3.63) is 58.1 Å². The van der Waals surface area contributed by atoms with Crippen LogP contribution in [0.25, 0.3) is 22.0 Å². The molecule has 9 heteroatoms. The molecule has 0 bridgehead atoms. The monoisotopic (exact) mass is 484 g/mol. The van der Waals surface area contributed by atoms with Crippen molar-refractivity contribution in [2.45, 2.75) is 38.6 Å². The van der Waals surface area contributed by atoms with Gasteiger partial charge in [0.05, 0.1) is 17.8 Å². The smallest absolute Gasteiger partial charge is 0.255 e. The van der Waals surface area contributed by atoms with Gasteiger partial charge in [0.2, 0.25) is 10.0 Å². The van der Waals surface area contributed by atoms with Crippen molar-refractivity contribution >= 4 is 26.7 Å². The fraction of sp³-hybridized carbons (Fsp3) is 0.440. The fourth-order valence-electron chi connectivity index (χ4n) is 4.84. The van der Waals surface area contributed by atoms with Crippen LogP contribution in [0.5, 0.6) is 0 Å². The number of ketones is 1. The van der Waals surface area contributed by atoms with Crippen LogP contribution in [0.3, 0.4) is 0 Å². The molecule has 1 aliphatic heterocycles. The number of hydrogen-bond acceptors (Lipinski definition) is 5. The Morgan fingerprint density at radius 2 is 2.00 bits per heavy atom. The molecule has 1 saturated heterocycles. The van der Waals surface area contributed by atoms with Crippen LogP contribution in [0, 0.1) is 5.92 Å². The lowest BCUT2D eigenvalue weighted by Gasteiger charge is -2.23. The van der Waals surface area contributed by atoms with E-state index in [9.17, 15) is 18.0 Å². The largest absolute Gasteiger partial charge is 0.350 e. The first-order valence-electron chi connectivity index (χ1n) is 11.4. The zero-order chi connectivity index (χ0) is 24.8. The number of H-pyrrole nitrogens is 1. The van der Waals surface area contributed by atoms with Crippen LogP contribution < -0.4 is 15.6 Å². The molecule has 34 heavy (non-hydrogen) atoms. The third-order valence-corrected chi connectivity index (χ3v) is 7.15. The molecule has 1 fully saturated rings. The molecular formula is C25H32N4O4S. The number of pyridine rings is 1. The summed E-state index contributed by atoms with van der Waals surface area (Å²) in [6.07, 6.45) is 5.15. The third kappa shape index (κ3) is 4.73. The average Bonchev–Trinajstić information content (AvgIpc) is 3.38. The van der Waals surface area contributed by atoms with E-state index < -0.39 is 16.1 Å². The van der Waals surface area contributed by atoms with Gasteiger partial charge < -0.3 is 14.9 Å². The van der Waals surface area contributed by atoms with Crippen LogP contribution in [0.1, 0.15) is 43.1 Å². The van der Waals surface area contributed by atoms with Crippen molar-refractivity contribution < 1.29 is 13.2 Å². The van der Waals surface area contributed by atoms with Gasteiger partial charge in [-0.15, -0.1) is 0 Å². The minimum Gasteiger partial charge on any atom is -0.350 e. The lowest BCUT2D eigenvalue weighted by molar-refractivity contribution is 0.0927. The Hall–Kier alpha value is -2.75. The van der Waals surface area contributed by atoms with Crippen molar-refractivity contribution in [3.63, 3.8) is 0 Å². The molecule has 2 atom stereocenters. The molecule has 0 aliphatic carbocycles. The zero-order valence-electron chi connectivity index (χ0n) is 20.2. The van der Waals surface area contributed by atoms with Gasteiger partial charge in [0.15, 0.2) is 5.78 Å². The molecule has 3 aromatic rings. The number of carbonyl (C=O) groups is 1. The van der Waals surface area contributed by atoms with Crippen molar-refractivity contribution in [1.82, 2.24) is 19.6 Å². The van der Waals surface area contributed by atoms with Gasteiger partial charge in [-0.1, -0.05) is 20.8 Å². The summed E-state index contributed by atoms with van der Waals surface area (Å²) >= 11 is 0. The minimum absolute atomic E-state index is 0.139. The van der Waals surface area contributed by atoms with Crippen LogP contribution in [-0.2, 0) is 22.5 Å². The van der Waals surface area contributed by atoms with E-state index in [1.807, 2.05) is 23.7 Å². The van der Waals surface area contributed by atoms with Gasteiger partial charge in [-0.2, -0.15) is 0 Å². The minimum atomic E-state index is -3.60. The van der Waals surface area contributed by atoms with E-state index in [-0.39, 0.29) is 22.7 Å². The second-order valence-corrected chi connectivity index (χ2v) is 12.0. The molecule has 2 aromatic heterocycles. The van der Waals surface area contributed by atoms with Crippen LogP contribution >= 0.6 is 0 Å². The SMILES string of the molecule is Cn1cc(C(=O)[C@@H](NS(C)(=O)=O)C2CCNC2)c2cc(-c3ccc[nH]c3=O)cc(C(C)(C)C)c21. The Kier molecular flexibility index (Phi) is 6.30. The normalized spacial score (nSPS) is 17.9. The van der Waals surface area contributed by atoms with Gasteiger partial charge in [-0.25, -0.2) is 13.1 Å². The van der Waals surface area contributed by atoms with Crippen molar-refractivity contribution in [1.29, 1.82) is 0 Å². The number of aromatic amines is 1. The predicted molar refractivity (Wildman–Crippen MR) is 135 cm³/mol. The molecule has 0 radical (unpaired) electrons. The molecule has 0 amide bonds. The lowest BCUT2D eigenvalue weighted by Crippen LogP contribution is -2.46. The number of Topliss-reactive ketones (excluding diaryl/α,β-unsaturated/α-hetero) is 1. The lowest BCUT2D eigenvalue weighted by atomic mass is 9.83. The molecule has 182 valence electrons. The summed E-state index contributed by atoms with van der Waals surface area (Å²) in [6.45, 7) is 7.58. The number of nitrogens with zero attached hydrogens (tertiary/aromatic N) is 1. The molecule has 1 aliphatic rings. The standard InChI is InChI=1S/C25H32N4O4S/c1-25(2,3)20-12-16(17-7-6-9-27-24(17)31)11-18-19(14-29(4)22(18)20)23(30)21(28-34(5,32)33)15-8-10-26-13-15/h6-7,9,11-12,14-15,21,26,28H,8,10,13H2,1-5H3,(H,27,31)/t15?,21-/m0/s1. The summed E-state index contributed by atoms with van der Waals surface area (Å²) in [5.74, 6) is -0.400. The Morgan fingerprint density at radius 3 is 2.59 bits per heavy atom. The molecular weight excluding hydrogens is 452 g/mol. The average molecular weight is 485 g/mol. The van der Waals surface area contributed by atoms with Crippen LogP contribution in [-0.4, -0.2) is 49.1 Å². The van der Waals surface area contributed by atoms with E-state index in [0.29, 0.717) is 29.5 Å². The van der Waals surface area contributed by atoms with E-state index in [0.717, 1.165) is 29.4 Å². The highest BCUT2D eigenvalue weighted by atomic mass is 32.2. The first kappa shape index (κ1) is 24.4. The first-order valence-corrected chi connectivity index (χ1v) is 13.3. The summed E-state index contributed by atoms with van der Waals surface area (Å²) in [6, 6.07) is 6.54. The Morgan fingerprint density at radius 1 is 1.26 bits per heavy atom. The van der Waals surface area contributed by atoms with Crippen molar-refractivity contribution in [2.24, 2.45) is 13.0 Å². The number of aryl methyl sites for hydroxylation is 1. The van der Waals surface area contributed by atoms with Gasteiger partial charge in [-0.05, 0) is 66.2 Å². The molecule has 1 aromatic carbocycles. The van der Waals surface area contributed by atoms with Crippen LogP contribution in [0.15, 0.2) is 41.5 Å². The van der Waals surface area contributed by atoms with Gasteiger partial charge in [0.1, 0.15) is 0 Å². The van der Waals surface area contributed by atoms with Crippen LogP contribution in [0.2, 0.25) is 0 Å². The van der Waals surface area contributed by atoms with E-state index in [1.165, 1.54) is 0 Å². The summed E-state index contributed by atoms with van der Waals surface area (Å²) < 4.78 is 28.8. The highest BCUT2D eigenvalue weighted by Crippen LogP contribution is 2.37. The van der Waals surface area contributed by atoms with Crippen molar-refractivity contribution in [3.8, 4) is 11.1 Å². The highest BCUT2D eigenvalue weighted by molar-refractivity contribution is 7.88. The van der Waals surface area contributed by atoms with E-state index in [4.69, 9.17) is 0 Å². The number of hydrogen-bond donors (Lipinski definition) is 3. The Balaban J connectivity index is 1.96. The molecule has 3 N–H and O–H groups in total. The molecule has 0 spiro atoms. The molecule has 8 nitrogen and oxygen atoms in total. The van der Waals surface area contributed by atoms with E-state index in [2.05, 4.69) is 35.8 Å². The topological polar surface area (TPSA) is 113 Å². The summed E-state index contributed by atoms with van der Waals surface area (Å²) in [5, 5.41) is 3.94. The zero-order valence-corrected chi connectivity index (χ0v) is 21.0. The maximum absolute atomic E-state index is 13.9. The number of aromatic nitrogens is 2. The Bertz CT molecular complexity index is 1410. The van der Waals surface area contributed by atoms with Crippen molar-refractivity contribution in [2.75, 3.05) is 19.3 Å². The fourth-order valence-corrected chi connectivity index (χ4v) is 5.60. The number of benzene rings is 1. The number of fused-ring (bicyclic) bond motifs is 1. The second-order valence-electron chi connectivity index (χ2n) is 10.2. The maximum Gasteiger partial charge on any atom is 0.255 e. The first-order chi connectivity index (χ1) is 15.9. The van der Waals surface area contributed by atoms with E-state index >= 15 is 0 Å². The van der Waals surface area contributed by atoms with Gasteiger partial charge in [0, 0.05) is 36.0 Å². The summed E-state index contributed by atoms with van der Waals surface area (Å²) in [4.78, 5) is 29.2. The highest BCUT2D eigenvalue weighted by Gasteiger charge is 2.35. The maximum atomic E-state index is 13.9. The molecule has 3 heterocycles. The van der Waals surface area contributed by atoms with Gasteiger partial charge in [0.25, 0.3) is 5.56 Å². The molecule has 0 saturated carbocycles. The number of rotatable bonds is 6. The van der Waals surface area contributed by atoms with Gasteiger partial charge in [-0.3, -0.25) is 9.59 Å². The quantitative estimate of drug-likeness (QED) is 0.466. The number of carbonyl (C=O) groups excluding carboxylic acids is 1. The van der Waals surface area contributed by atoms with Gasteiger partial charge >= 0.3 is 0 Å². The summed E-state index contributed by atoms with van der Waals surface area (Å²) in [7, 11) is -1.71. The van der Waals surface area contributed by atoms with Crippen LogP contribution in [0.4, 0.5) is 0 Å². The predicted octanol–water partition coefficient (Wildman–Crippen LogP) is 2.54. The molecule has 4 rings (SSSR count). The number of nitrogens with one attached hydrogen (secondary N) is 3.